The molecule has 0 bridgehead atoms. The minimum absolute atomic E-state index is 0. The van der Waals surface area contributed by atoms with Gasteiger partial charge in [0.05, 0.1) is 24.4 Å². The van der Waals surface area contributed by atoms with Crippen LogP contribution >= 0.6 is 12.4 Å². The fourth-order valence-corrected chi connectivity index (χ4v) is 1.80. The van der Waals surface area contributed by atoms with E-state index in [-0.39, 0.29) is 18.4 Å². The summed E-state index contributed by atoms with van der Waals surface area (Å²) in [6.07, 6.45) is 1.69. The summed E-state index contributed by atoms with van der Waals surface area (Å²) in [5.74, 6) is 0.329. The van der Waals surface area contributed by atoms with E-state index < -0.39 is 0 Å². The van der Waals surface area contributed by atoms with Crippen LogP contribution in [0.5, 0.6) is 0 Å². The lowest BCUT2D eigenvalue weighted by Crippen LogP contribution is -2.33. The fourth-order valence-electron chi connectivity index (χ4n) is 1.80. The molecule has 99 valence electrons. The molecule has 0 fully saturated rings. The van der Waals surface area contributed by atoms with Gasteiger partial charge in [-0.15, -0.1) is 12.4 Å². The van der Waals surface area contributed by atoms with Crippen LogP contribution in [0.3, 0.4) is 0 Å². The van der Waals surface area contributed by atoms with Gasteiger partial charge in [0, 0.05) is 0 Å². The van der Waals surface area contributed by atoms with Crippen molar-refractivity contribution in [3.05, 3.63) is 48.0 Å². The maximum Gasteiger partial charge on any atom is 0.231 e. The average Bonchev–Trinajstić information content (AvgIpc) is 2.73. The van der Waals surface area contributed by atoms with Crippen molar-refractivity contribution in [2.75, 3.05) is 20.6 Å². The second-order valence-corrected chi connectivity index (χ2v) is 4.22. The molecule has 0 spiro atoms. The summed E-state index contributed by atoms with van der Waals surface area (Å²) in [6.45, 7) is 0.706. The molecule has 1 aliphatic heterocycles. The van der Waals surface area contributed by atoms with Gasteiger partial charge in [0.1, 0.15) is 0 Å². The van der Waals surface area contributed by atoms with Gasteiger partial charge in [-0.05, 0) is 19.7 Å². The van der Waals surface area contributed by atoms with Gasteiger partial charge < -0.3 is 15.5 Å². The van der Waals surface area contributed by atoms with E-state index in [0.29, 0.717) is 12.4 Å². The van der Waals surface area contributed by atoms with Gasteiger partial charge in [-0.1, -0.05) is 30.3 Å². The van der Waals surface area contributed by atoms with E-state index in [1.165, 1.54) is 5.56 Å². The first-order valence-electron chi connectivity index (χ1n) is 5.50. The largest absolute Gasteiger partial charge is 0.367 e. The molecule has 2 rings (SSSR count). The number of halogens is 1. The molecule has 5 nitrogen and oxygen atoms in total. The molecule has 2 N–H and O–H groups in total. The summed E-state index contributed by atoms with van der Waals surface area (Å²) in [7, 11) is 4.09. The Morgan fingerprint density at radius 1 is 1.33 bits per heavy atom. The van der Waals surface area contributed by atoms with Crippen molar-refractivity contribution in [2.45, 2.75) is 6.04 Å². The third-order valence-corrected chi connectivity index (χ3v) is 2.70. The monoisotopic (exact) mass is 269 g/mol. The first kappa shape index (κ1) is 14.6. The summed E-state index contributed by atoms with van der Waals surface area (Å²) in [6, 6.07) is 10.5. The second-order valence-electron chi connectivity index (χ2n) is 4.22. The minimum atomic E-state index is 0. The average molecular weight is 270 g/mol. The zero-order valence-corrected chi connectivity index (χ0v) is 11.3. The van der Waals surface area contributed by atoms with E-state index in [2.05, 4.69) is 22.6 Å². The Kier molecular flexibility index (Phi) is 5.27. The van der Waals surface area contributed by atoms with Gasteiger partial charge in [0.15, 0.2) is 0 Å². The van der Waals surface area contributed by atoms with Crippen molar-refractivity contribution >= 4 is 12.4 Å². The Labute approximate surface area is 114 Å². The van der Waals surface area contributed by atoms with Crippen LogP contribution in [0.4, 0.5) is 0 Å². The third kappa shape index (κ3) is 3.53. The molecule has 0 aliphatic carbocycles. The van der Waals surface area contributed by atoms with Crippen LogP contribution in [0.1, 0.15) is 11.6 Å². The predicted molar refractivity (Wildman–Crippen MR) is 72.3 cm³/mol. The predicted octanol–water partition coefficient (Wildman–Crippen LogP) is 1.24. The molecule has 1 aliphatic rings. The third-order valence-electron chi connectivity index (χ3n) is 2.70. The number of benzene rings is 1. The lowest BCUT2D eigenvalue weighted by molar-refractivity contribution is -0.000239. The van der Waals surface area contributed by atoms with Crippen LogP contribution in [0.15, 0.2) is 42.4 Å². The fraction of sp³-hybridized carbons (Fsp3) is 0.333. The Morgan fingerprint density at radius 3 is 2.50 bits per heavy atom. The normalized spacial score (nSPS) is 15.9. The summed E-state index contributed by atoms with van der Waals surface area (Å²) in [5, 5.41) is 1.72. The molecule has 1 heterocycles. The smallest absolute Gasteiger partial charge is 0.231 e. The Hall–Kier alpha value is -1.43. The SMILES string of the molecule is CN(C)C(CN1C=C(N)O[N]1)c1ccccc1.Cl. The van der Waals surface area contributed by atoms with E-state index in [9.17, 15) is 0 Å². The summed E-state index contributed by atoms with van der Waals surface area (Å²) >= 11 is 0. The number of nitrogens with two attached hydrogens (primary N) is 1. The highest BCUT2D eigenvalue weighted by molar-refractivity contribution is 5.85. The quantitative estimate of drug-likeness (QED) is 0.893. The molecule has 6 heteroatoms. The van der Waals surface area contributed by atoms with Crippen LogP contribution in [-0.4, -0.2) is 30.5 Å². The number of nitrogens with zero attached hydrogens (tertiary/aromatic N) is 3. The topological polar surface area (TPSA) is 55.8 Å². The Balaban J connectivity index is 0.00000162. The first-order chi connectivity index (χ1) is 8.16. The van der Waals surface area contributed by atoms with Crippen LogP contribution in [0.25, 0.3) is 0 Å². The number of likely N-dealkylation sites (N-methyl/N-ethyl adjacent to an activating group) is 1. The first-order valence-corrected chi connectivity index (χ1v) is 5.50. The number of rotatable bonds is 4. The van der Waals surface area contributed by atoms with Crippen molar-refractivity contribution in [3.8, 4) is 0 Å². The van der Waals surface area contributed by atoms with E-state index in [0.717, 1.165) is 0 Å². The molecule has 1 unspecified atom stereocenters. The summed E-state index contributed by atoms with van der Waals surface area (Å²) in [5.41, 5.74) is 10.6. The van der Waals surface area contributed by atoms with Gasteiger partial charge in [-0.25, -0.2) is 0 Å². The molecule has 1 atom stereocenters. The molecule has 0 aromatic heterocycles. The molecule has 1 aromatic carbocycles. The van der Waals surface area contributed by atoms with Crippen LogP contribution in [-0.2, 0) is 4.84 Å². The highest BCUT2D eigenvalue weighted by Gasteiger charge is 2.21. The molecule has 1 radical (unpaired) electrons. The van der Waals surface area contributed by atoms with Gasteiger partial charge in [-0.3, -0.25) is 5.01 Å². The van der Waals surface area contributed by atoms with E-state index in [1.54, 1.807) is 11.2 Å². The molecular formula is C12H18ClN4O. The second kappa shape index (κ2) is 6.49. The molecule has 0 saturated heterocycles. The summed E-state index contributed by atoms with van der Waals surface area (Å²) < 4.78 is 0. The van der Waals surface area contributed by atoms with Crippen LogP contribution in [0.2, 0.25) is 0 Å². The number of hydrogen-bond acceptors (Lipinski definition) is 4. The highest BCUT2D eigenvalue weighted by Crippen LogP contribution is 2.20. The van der Waals surface area contributed by atoms with E-state index >= 15 is 0 Å². The molecule has 18 heavy (non-hydrogen) atoms. The van der Waals surface area contributed by atoms with Gasteiger partial charge >= 0.3 is 0 Å². The van der Waals surface area contributed by atoms with Crippen molar-refractivity contribution < 1.29 is 4.84 Å². The van der Waals surface area contributed by atoms with Crippen molar-refractivity contribution in [1.29, 1.82) is 0 Å². The summed E-state index contributed by atoms with van der Waals surface area (Å²) in [4.78, 5) is 7.00. The molecule has 0 saturated carbocycles. The van der Waals surface area contributed by atoms with Crippen molar-refractivity contribution in [3.63, 3.8) is 0 Å². The van der Waals surface area contributed by atoms with Crippen molar-refractivity contribution in [1.82, 2.24) is 15.5 Å². The Morgan fingerprint density at radius 2 is 2.00 bits per heavy atom. The van der Waals surface area contributed by atoms with Gasteiger partial charge in [0.25, 0.3) is 0 Å². The van der Waals surface area contributed by atoms with Crippen LogP contribution in [0, 0.1) is 0 Å². The molecule has 1 aromatic rings. The maximum absolute atomic E-state index is 5.51. The van der Waals surface area contributed by atoms with E-state index in [1.807, 2.05) is 32.3 Å². The van der Waals surface area contributed by atoms with E-state index in [4.69, 9.17) is 10.6 Å². The lowest BCUT2D eigenvalue weighted by atomic mass is 10.1. The maximum atomic E-state index is 5.51. The highest BCUT2D eigenvalue weighted by atomic mass is 35.5. The molecular weight excluding hydrogens is 252 g/mol. The number of hydrogen-bond donors (Lipinski definition) is 1. The lowest BCUT2D eigenvalue weighted by Gasteiger charge is -2.27. The van der Waals surface area contributed by atoms with Gasteiger partial charge in [0.2, 0.25) is 5.88 Å². The van der Waals surface area contributed by atoms with Crippen molar-refractivity contribution in [2.24, 2.45) is 5.73 Å². The Bertz CT molecular complexity index is 396. The standard InChI is InChI=1S/C12H17N4O.ClH/c1-15(2)11(10-6-4-3-5-7-10)8-16-9-12(13)17-14-16;/h3-7,9,11H,8,13H2,1-2H3;1H. The minimum Gasteiger partial charge on any atom is -0.367 e. The van der Waals surface area contributed by atoms with Gasteiger partial charge in [-0.2, -0.15) is 0 Å². The molecule has 0 amide bonds. The van der Waals surface area contributed by atoms with Crippen LogP contribution < -0.4 is 11.3 Å². The zero-order chi connectivity index (χ0) is 12.3. The zero-order valence-electron chi connectivity index (χ0n) is 10.5.